The number of hydrogen-bond acceptors (Lipinski definition) is 13. The molecule has 0 bridgehead atoms. The van der Waals surface area contributed by atoms with Gasteiger partial charge in [-0.05, 0) is 90.0 Å². The fraction of sp³-hybridized carbons (Fsp3) is 0.556. The van der Waals surface area contributed by atoms with Gasteiger partial charge in [0.2, 0.25) is 25.4 Å². The molecule has 3 amide bonds. The van der Waals surface area contributed by atoms with Crippen molar-refractivity contribution in [1.82, 2.24) is 20.0 Å². The van der Waals surface area contributed by atoms with E-state index in [1.54, 1.807) is 4.90 Å². The highest BCUT2D eigenvalue weighted by molar-refractivity contribution is 7.54. The molecule has 15 nitrogen and oxygen atoms in total. The Hall–Kier alpha value is -4.93. The zero-order valence-electron chi connectivity index (χ0n) is 37.5. The maximum Gasteiger partial charge on any atom is 0.410 e. The number of nitrogens with zero attached hydrogens (tertiary/aromatic N) is 4. The number of fused-ring (bicyclic) bond motifs is 2. The predicted molar refractivity (Wildman–Crippen MR) is 233 cm³/mol. The molecule has 3 saturated heterocycles. The van der Waals surface area contributed by atoms with Gasteiger partial charge in [0.1, 0.15) is 12.1 Å². The smallest absolute Gasteiger partial charge is 0.410 e. The number of halogens is 4. The summed E-state index contributed by atoms with van der Waals surface area (Å²) in [6.45, 7) is 6.21. The van der Waals surface area contributed by atoms with Crippen molar-refractivity contribution in [2.45, 2.75) is 96.9 Å². The fourth-order valence-corrected chi connectivity index (χ4v) is 10.4. The highest BCUT2D eigenvalue weighted by Crippen LogP contribution is 2.67. The number of carbonyl (C=O) groups excluding carboxylic acids is 5. The van der Waals surface area contributed by atoms with Crippen LogP contribution in [-0.4, -0.2) is 115 Å². The van der Waals surface area contributed by atoms with E-state index >= 15 is 8.78 Å². The first kappa shape index (κ1) is 50.5. The Balaban J connectivity index is 1.23. The van der Waals surface area contributed by atoms with Crippen LogP contribution in [0.3, 0.4) is 0 Å². The van der Waals surface area contributed by atoms with E-state index in [0.29, 0.717) is 24.0 Å². The summed E-state index contributed by atoms with van der Waals surface area (Å²) in [6.07, 6.45) is -1.72. The van der Waals surface area contributed by atoms with Gasteiger partial charge >= 0.3 is 25.2 Å². The number of ether oxygens (including phenoxy) is 2. The number of hydrogen-bond donors (Lipinski definition) is 1. The Labute approximate surface area is 384 Å². The summed E-state index contributed by atoms with van der Waals surface area (Å²) in [5.41, 5.74) is -6.56. The number of amides is 3. The lowest BCUT2D eigenvalue weighted by Crippen LogP contribution is -2.61. The summed E-state index contributed by atoms with van der Waals surface area (Å²) in [5, 5.41) is 12.7. The number of thiophene rings is 1. The Morgan fingerprint density at radius 3 is 2.12 bits per heavy atom. The lowest BCUT2D eigenvalue weighted by Gasteiger charge is -2.39. The van der Waals surface area contributed by atoms with Crippen LogP contribution in [0.2, 0.25) is 0 Å². The van der Waals surface area contributed by atoms with Crippen LogP contribution in [-0.2, 0) is 47.9 Å². The Bertz CT molecular complexity index is 2350. The number of benzene rings is 2. The van der Waals surface area contributed by atoms with E-state index in [1.165, 1.54) is 63.5 Å². The molecule has 2 aromatic carbocycles. The Morgan fingerprint density at radius 1 is 0.894 bits per heavy atom. The van der Waals surface area contributed by atoms with Gasteiger partial charge in [-0.1, -0.05) is 36.4 Å². The molecular formula is C45H54F4N5O10PS. The monoisotopic (exact) mass is 963 g/mol. The molecule has 0 aliphatic carbocycles. The number of alkyl halides is 4. The van der Waals surface area contributed by atoms with E-state index in [2.05, 4.69) is 11.4 Å². The van der Waals surface area contributed by atoms with Gasteiger partial charge < -0.3 is 24.6 Å². The summed E-state index contributed by atoms with van der Waals surface area (Å²) in [5.74, 6) is -4.22. The standard InChI is InChI=1S/C45H54F4N5O10PS/c1-43(2,3)41(58)61-25-63-65(60,64-26-62-42(59)44(4,5)6)45(48,49)30-12-15-35-28(18-30)19-36(66-35)38(55)51-33-23-52(24-37(46)47)17-16-31-13-14-34(54(31)39(33)56)40(57)53-21-29(20-50)32(22-53)27-10-8-7-9-11-27/h7-12,15,18-19,29,31-34,37H,13-14,16-17,21-26H2,1-6H3,(H,51,55)/t29-,31+,32+,33-,34-/m0/s1. The van der Waals surface area contributed by atoms with Crippen molar-refractivity contribution in [2.24, 2.45) is 16.7 Å². The molecule has 3 fully saturated rings. The molecule has 5 atom stereocenters. The number of carbonyl (C=O) groups is 5. The van der Waals surface area contributed by atoms with Crippen LogP contribution in [0.15, 0.2) is 54.6 Å². The number of esters is 2. The van der Waals surface area contributed by atoms with Crippen LogP contribution in [0.25, 0.3) is 10.1 Å². The lowest BCUT2D eigenvalue weighted by molar-refractivity contribution is -0.163. The number of nitrogens with one attached hydrogen (secondary N) is 1. The van der Waals surface area contributed by atoms with Crippen molar-refractivity contribution < 1.29 is 64.6 Å². The average molecular weight is 964 g/mol. The minimum Gasteiger partial charge on any atom is -0.438 e. The first-order valence-electron chi connectivity index (χ1n) is 21.5. The SMILES string of the molecule is CC(C)(C)C(=O)OCOP(=O)(OCOC(=O)C(C)(C)C)C(F)(F)c1ccc2sc(C(=O)N[C@H]3CN(CC(F)F)CC[C@H]4CC[C@@H](C(=O)N5C[C@H](c6ccccc6)[C@@H](C#N)C5)N4C3=O)cc2c1. The molecule has 0 spiro atoms. The van der Waals surface area contributed by atoms with Gasteiger partial charge in [0.25, 0.3) is 12.3 Å². The van der Waals surface area contributed by atoms with Gasteiger partial charge in [0.15, 0.2) is 0 Å². The molecule has 66 heavy (non-hydrogen) atoms. The molecule has 3 aromatic rings. The quantitative estimate of drug-likeness (QED) is 0.0729. The third kappa shape index (κ3) is 11.2. The lowest BCUT2D eigenvalue weighted by atomic mass is 9.90. The second-order valence-electron chi connectivity index (χ2n) is 18.7. The number of nitriles is 1. The van der Waals surface area contributed by atoms with Crippen LogP contribution >= 0.6 is 18.9 Å². The summed E-state index contributed by atoms with van der Waals surface area (Å²) in [6, 6.07) is 13.3. The molecule has 4 heterocycles. The zero-order chi connectivity index (χ0) is 48.4. The second-order valence-corrected chi connectivity index (χ2v) is 21.9. The van der Waals surface area contributed by atoms with Gasteiger partial charge in [-0.15, -0.1) is 11.3 Å². The highest BCUT2D eigenvalue weighted by atomic mass is 32.1. The first-order chi connectivity index (χ1) is 30.9. The topological polar surface area (TPSA) is 185 Å². The molecule has 21 heteroatoms. The minimum absolute atomic E-state index is 0.0447. The van der Waals surface area contributed by atoms with Gasteiger partial charge in [-0.2, -0.15) is 14.0 Å². The first-order valence-corrected chi connectivity index (χ1v) is 23.8. The fourth-order valence-electron chi connectivity index (χ4n) is 8.17. The Kier molecular flexibility index (Phi) is 15.4. The van der Waals surface area contributed by atoms with Crippen LogP contribution in [0, 0.1) is 28.1 Å². The van der Waals surface area contributed by atoms with Crippen molar-refractivity contribution in [3.05, 3.63) is 70.6 Å². The van der Waals surface area contributed by atoms with E-state index in [1.807, 2.05) is 30.3 Å². The molecule has 3 aliphatic heterocycles. The highest BCUT2D eigenvalue weighted by Gasteiger charge is 2.56. The van der Waals surface area contributed by atoms with Gasteiger partial charge in [0, 0.05) is 48.4 Å². The summed E-state index contributed by atoms with van der Waals surface area (Å²) < 4.78 is 94.3. The van der Waals surface area contributed by atoms with Crippen LogP contribution in [0.5, 0.6) is 0 Å². The van der Waals surface area contributed by atoms with Crippen molar-refractivity contribution in [2.75, 3.05) is 46.3 Å². The second kappa shape index (κ2) is 20.1. The summed E-state index contributed by atoms with van der Waals surface area (Å²) >= 11 is 0.875. The maximum absolute atomic E-state index is 16.4. The van der Waals surface area contributed by atoms with E-state index in [-0.39, 0.29) is 48.3 Å². The molecule has 0 unspecified atom stereocenters. The maximum atomic E-state index is 16.4. The van der Waals surface area contributed by atoms with Crippen LogP contribution < -0.4 is 5.32 Å². The minimum atomic E-state index is -5.66. The van der Waals surface area contributed by atoms with E-state index in [0.717, 1.165) is 29.0 Å². The molecule has 1 aromatic heterocycles. The normalized spacial score (nSPS) is 22.2. The van der Waals surface area contributed by atoms with E-state index in [4.69, 9.17) is 18.5 Å². The number of likely N-dealkylation sites (tertiary alicyclic amines) is 1. The zero-order valence-corrected chi connectivity index (χ0v) is 39.2. The molecule has 1 N–H and O–H groups in total. The molecule has 0 saturated carbocycles. The van der Waals surface area contributed by atoms with Crippen molar-refractivity contribution >= 4 is 58.7 Å². The predicted octanol–water partition coefficient (Wildman–Crippen LogP) is 7.47. The van der Waals surface area contributed by atoms with Crippen molar-refractivity contribution in [3.8, 4) is 6.07 Å². The van der Waals surface area contributed by atoms with E-state index < -0.39 is 104 Å². The third-order valence-electron chi connectivity index (χ3n) is 11.8. The van der Waals surface area contributed by atoms with Gasteiger partial charge in [-0.3, -0.25) is 42.5 Å². The third-order valence-corrected chi connectivity index (χ3v) is 14.7. The van der Waals surface area contributed by atoms with Crippen LogP contribution in [0.1, 0.15) is 87.5 Å². The average Bonchev–Trinajstić information content (AvgIpc) is 4.00. The van der Waals surface area contributed by atoms with Crippen molar-refractivity contribution in [3.63, 3.8) is 0 Å². The molecule has 6 rings (SSSR count). The van der Waals surface area contributed by atoms with Gasteiger partial charge in [-0.25, -0.2) is 8.78 Å². The Morgan fingerprint density at radius 2 is 1.53 bits per heavy atom. The summed E-state index contributed by atoms with van der Waals surface area (Å²) in [7, 11) is -5.66. The summed E-state index contributed by atoms with van der Waals surface area (Å²) in [4.78, 5) is 71.8. The number of rotatable bonds is 14. The largest absolute Gasteiger partial charge is 0.438 e. The molecule has 358 valence electrons. The van der Waals surface area contributed by atoms with Crippen molar-refractivity contribution in [1.29, 1.82) is 5.26 Å². The van der Waals surface area contributed by atoms with Crippen LogP contribution in [0.4, 0.5) is 17.6 Å². The molecular weight excluding hydrogens is 910 g/mol. The molecule has 3 aliphatic rings. The van der Waals surface area contributed by atoms with E-state index in [9.17, 15) is 42.6 Å². The molecule has 0 radical (unpaired) electrons. The van der Waals surface area contributed by atoms with Gasteiger partial charge in [0.05, 0.1) is 34.2 Å².